The van der Waals surface area contributed by atoms with Crippen LogP contribution in [0.2, 0.25) is 0 Å². The molecule has 0 fully saturated rings. The summed E-state index contributed by atoms with van der Waals surface area (Å²) in [4.78, 5) is 18.6. The molecular formula is C21H25N3O3. The van der Waals surface area contributed by atoms with Crippen LogP contribution >= 0.6 is 0 Å². The molecule has 1 aromatic carbocycles. The number of pyridine rings is 1. The maximum Gasteiger partial charge on any atom is 0.257 e. The van der Waals surface area contributed by atoms with E-state index < -0.39 is 0 Å². The molecule has 0 aliphatic heterocycles. The fraction of sp³-hybridized carbons (Fsp3) is 0.381. The van der Waals surface area contributed by atoms with Crippen LogP contribution in [0.3, 0.4) is 0 Å². The molecule has 0 bridgehead atoms. The minimum absolute atomic E-state index is 0.107. The number of likely N-dealkylation sites (N-methyl/N-ethyl adjacent to an activating group) is 1. The molecule has 3 aromatic rings. The molecule has 2 aromatic heterocycles. The maximum atomic E-state index is 12.7. The molecule has 0 spiro atoms. The zero-order valence-electron chi connectivity index (χ0n) is 16.4. The van der Waals surface area contributed by atoms with Gasteiger partial charge in [-0.25, -0.2) is 4.98 Å². The zero-order valence-corrected chi connectivity index (χ0v) is 16.4. The molecule has 27 heavy (non-hydrogen) atoms. The number of fused-ring (bicyclic) bond motifs is 1. The minimum Gasteiger partial charge on any atom is -0.492 e. The van der Waals surface area contributed by atoms with Crippen molar-refractivity contribution in [2.24, 2.45) is 0 Å². The number of hydrogen-bond acceptors (Lipinski definition) is 5. The van der Waals surface area contributed by atoms with Crippen LogP contribution in [0.15, 0.2) is 35.0 Å². The normalized spacial score (nSPS) is 11.2. The standard InChI is InChI=1S/C21H25N3O3/c1-13(2)19-18-11-16(12-22-20(18)27-23-19)21(25)24(5)6-7-26-17-9-14(3)8-15(4)10-17/h8-13H,6-7H2,1-5H3. The van der Waals surface area contributed by atoms with E-state index >= 15 is 0 Å². The van der Waals surface area contributed by atoms with Crippen molar-refractivity contribution in [2.45, 2.75) is 33.6 Å². The summed E-state index contributed by atoms with van der Waals surface area (Å²) < 4.78 is 11.0. The summed E-state index contributed by atoms with van der Waals surface area (Å²) in [7, 11) is 1.76. The number of aryl methyl sites for hydroxylation is 2. The van der Waals surface area contributed by atoms with Gasteiger partial charge < -0.3 is 14.2 Å². The van der Waals surface area contributed by atoms with Gasteiger partial charge in [0.25, 0.3) is 11.6 Å². The van der Waals surface area contributed by atoms with Gasteiger partial charge in [-0.2, -0.15) is 0 Å². The quantitative estimate of drug-likeness (QED) is 0.656. The van der Waals surface area contributed by atoms with Gasteiger partial charge in [-0.05, 0) is 49.1 Å². The van der Waals surface area contributed by atoms with Gasteiger partial charge in [-0.3, -0.25) is 4.79 Å². The van der Waals surface area contributed by atoms with Crippen LogP contribution in [-0.4, -0.2) is 41.1 Å². The predicted octanol–water partition coefficient (Wildman–Crippen LogP) is 4.11. The van der Waals surface area contributed by atoms with Crippen LogP contribution in [0.4, 0.5) is 0 Å². The van der Waals surface area contributed by atoms with Crippen molar-refractivity contribution < 1.29 is 14.1 Å². The van der Waals surface area contributed by atoms with Gasteiger partial charge in [0.1, 0.15) is 12.4 Å². The molecule has 0 N–H and O–H groups in total. The Bertz CT molecular complexity index is 942. The zero-order chi connectivity index (χ0) is 19.6. The molecular weight excluding hydrogens is 342 g/mol. The first-order chi connectivity index (χ1) is 12.8. The van der Waals surface area contributed by atoms with Gasteiger partial charge in [0.2, 0.25) is 0 Å². The highest BCUT2D eigenvalue weighted by Crippen LogP contribution is 2.24. The van der Waals surface area contributed by atoms with E-state index in [1.54, 1.807) is 18.0 Å². The van der Waals surface area contributed by atoms with E-state index in [0.29, 0.717) is 24.4 Å². The van der Waals surface area contributed by atoms with Crippen molar-refractivity contribution in [1.29, 1.82) is 0 Å². The molecule has 3 rings (SSSR count). The van der Waals surface area contributed by atoms with E-state index in [9.17, 15) is 4.79 Å². The Morgan fingerprint density at radius 2 is 1.89 bits per heavy atom. The van der Waals surface area contributed by atoms with Crippen molar-refractivity contribution in [3.05, 3.63) is 52.8 Å². The summed E-state index contributed by atoms with van der Waals surface area (Å²) in [6.07, 6.45) is 1.53. The Balaban J connectivity index is 1.66. The molecule has 0 atom stereocenters. The lowest BCUT2D eigenvalue weighted by Gasteiger charge is -2.17. The Labute approximate surface area is 159 Å². The summed E-state index contributed by atoms with van der Waals surface area (Å²) in [6.45, 7) is 9.03. The number of amides is 1. The number of carbonyl (C=O) groups is 1. The molecule has 142 valence electrons. The lowest BCUT2D eigenvalue weighted by molar-refractivity contribution is 0.0773. The smallest absolute Gasteiger partial charge is 0.257 e. The lowest BCUT2D eigenvalue weighted by Crippen LogP contribution is -2.31. The lowest BCUT2D eigenvalue weighted by atomic mass is 10.1. The number of nitrogens with zero attached hydrogens (tertiary/aromatic N) is 3. The van der Waals surface area contributed by atoms with E-state index in [-0.39, 0.29) is 11.8 Å². The van der Waals surface area contributed by atoms with E-state index in [1.807, 2.05) is 39.8 Å². The molecule has 6 nitrogen and oxygen atoms in total. The van der Waals surface area contributed by atoms with Crippen molar-refractivity contribution in [2.75, 3.05) is 20.2 Å². The number of benzene rings is 1. The van der Waals surface area contributed by atoms with E-state index in [2.05, 4.69) is 16.2 Å². The summed E-state index contributed by atoms with van der Waals surface area (Å²) in [5.74, 6) is 0.911. The third kappa shape index (κ3) is 4.27. The highest BCUT2D eigenvalue weighted by atomic mass is 16.5. The number of carbonyl (C=O) groups excluding carboxylic acids is 1. The van der Waals surface area contributed by atoms with Crippen molar-refractivity contribution >= 4 is 17.0 Å². The number of rotatable bonds is 6. The molecule has 0 radical (unpaired) electrons. The summed E-state index contributed by atoms with van der Waals surface area (Å²) >= 11 is 0. The molecule has 6 heteroatoms. The van der Waals surface area contributed by atoms with Gasteiger partial charge in [0, 0.05) is 13.2 Å². The second-order valence-electron chi connectivity index (χ2n) is 7.20. The maximum absolute atomic E-state index is 12.7. The fourth-order valence-corrected chi connectivity index (χ4v) is 3.02. The fourth-order valence-electron chi connectivity index (χ4n) is 3.02. The predicted molar refractivity (Wildman–Crippen MR) is 104 cm³/mol. The number of hydrogen-bond donors (Lipinski definition) is 0. The molecule has 0 saturated carbocycles. The summed E-state index contributed by atoms with van der Waals surface area (Å²) in [6, 6.07) is 7.89. The monoisotopic (exact) mass is 367 g/mol. The second kappa shape index (κ2) is 7.78. The first-order valence-corrected chi connectivity index (χ1v) is 9.07. The number of aromatic nitrogens is 2. The third-order valence-electron chi connectivity index (χ3n) is 4.39. The Hall–Kier alpha value is -2.89. The first kappa shape index (κ1) is 18.9. The van der Waals surface area contributed by atoms with Gasteiger partial charge in [-0.15, -0.1) is 0 Å². The van der Waals surface area contributed by atoms with Crippen LogP contribution in [0.25, 0.3) is 11.1 Å². The Morgan fingerprint density at radius 3 is 2.56 bits per heavy atom. The molecule has 0 aliphatic carbocycles. The van der Waals surface area contributed by atoms with Gasteiger partial charge in [0.15, 0.2) is 0 Å². The van der Waals surface area contributed by atoms with Crippen LogP contribution in [0.5, 0.6) is 5.75 Å². The third-order valence-corrected chi connectivity index (χ3v) is 4.39. The highest BCUT2D eigenvalue weighted by molar-refractivity contribution is 5.96. The largest absolute Gasteiger partial charge is 0.492 e. The SMILES string of the molecule is Cc1cc(C)cc(OCCN(C)C(=O)c2cnc3onc(C(C)C)c3c2)c1. The van der Waals surface area contributed by atoms with E-state index in [0.717, 1.165) is 28.0 Å². The van der Waals surface area contributed by atoms with Crippen LogP contribution < -0.4 is 4.74 Å². The minimum atomic E-state index is -0.107. The van der Waals surface area contributed by atoms with Crippen molar-refractivity contribution in [3.63, 3.8) is 0 Å². The van der Waals surface area contributed by atoms with Gasteiger partial charge in [-0.1, -0.05) is 25.1 Å². The second-order valence-corrected chi connectivity index (χ2v) is 7.20. The Morgan fingerprint density at radius 1 is 1.19 bits per heavy atom. The van der Waals surface area contributed by atoms with Crippen LogP contribution in [0.1, 0.15) is 46.9 Å². The van der Waals surface area contributed by atoms with Crippen LogP contribution in [-0.2, 0) is 0 Å². The van der Waals surface area contributed by atoms with Gasteiger partial charge >= 0.3 is 0 Å². The van der Waals surface area contributed by atoms with E-state index in [4.69, 9.17) is 9.26 Å². The topological polar surface area (TPSA) is 68.5 Å². The molecule has 0 unspecified atom stereocenters. The van der Waals surface area contributed by atoms with E-state index in [1.165, 1.54) is 6.20 Å². The molecule has 0 saturated heterocycles. The number of ether oxygens (including phenoxy) is 1. The molecule has 1 amide bonds. The first-order valence-electron chi connectivity index (χ1n) is 9.07. The average molecular weight is 367 g/mol. The summed E-state index contributed by atoms with van der Waals surface area (Å²) in [5, 5.41) is 4.84. The average Bonchev–Trinajstić information content (AvgIpc) is 3.03. The highest BCUT2D eigenvalue weighted by Gasteiger charge is 2.17. The van der Waals surface area contributed by atoms with Crippen molar-refractivity contribution in [3.8, 4) is 5.75 Å². The van der Waals surface area contributed by atoms with Gasteiger partial charge in [0.05, 0.1) is 23.2 Å². The van der Waals surface area contributed by atoms with Crippen molar-refractivity contribution in [1.82, 2.24) is 15.0 Å². The Kier molecular flexibility index (Phi) is 5.44. The summed E-state index contributed by atoms with van der Waals surface area (Å²) in [5.41, 5.74) is 4.09. The molecule has 2 heterocycles. The van der Waals surface area contributed by atoms with Crippen LogP contribution in [0, 0.1) is 13.8 Å². The molecule has 0 aliphatic rings.